The number of imide groups is 1. The molecule has 2 amide bonds. The van der Waals surface area contributed by atoms with Crippen molar-refractivity contribution in [3.8, 4) is 11.4 Å². The number of methoxy groups -OCH3 is 1. The molecular weight excluding hydrogens is 950 g/mol. The van der Waals surface area contributed by atoms with Crippen LogP contribution in [0, 0.1) is 11.6 Å². The van der Waals surface area contributed by atoms with Gasteiger partial charge >= 0.3 is 0 Å². The fourth-order valence-corrected chi connectivity index (χ4v) is 12.2. The number of hydrogen-bond acceptors (Lipinski definition) is 14. The Labute approximate surface area is 423 Å². The van der Waals surface area contributed by atoms with Gasteiger partial charge in [0.05, 0.1) is 41.6 Å². The highest BCUT2D eigenvalue weighted by Gasteiger charge is 2.33. The van der Waals surface area contributed by atoms with Crippen molar-refractivity contribution in [1.82, 2.24) is 45.1 Å². The van der Waals surface area contributed by atoms with Crippen molar-refractivity contribution in [2.75, 3.05) is 81.8 Å². The van der Waals surface area contributed by atoms with Crippen LogP contribution in [0.4, 0.5) is 37.6 Å². The predicted octanol–water partition coefficient (Wildman–Crippen LogP) is 8.25. The van der Waals surface area contributed by atoms with E-state index in [1.54, 1.807) is 31.3 Å². The van der Waals surface area contributed by atoms with Crippen LogP contribution in [0.5, 0.6) is 5.75 Å². The second-order valence-corrected chi connectivity index (χ2v) is 22.7. The maximum absolute atomic E-state index is 15.2. The third kappa shape index (κ3) is 10.4. The molecule has 73 heavy (non-hydrogen) atoms. The molecule has 10 rings (SSSR count). The predicted molar refractivity (Wildman–Crippen MR) is 282 cm³/mol. The van der Waals surface area contributed by atoms with Gasteiger partial charge < -0.3 is 29.7 Å². The lowest BCUT2D eigenvalue weighted by Crippen LogP contribution is -2.53. The van der Waals surface area contributed by atoms with Crippen molar-refractivity contribution in [3.05, 3.63) is 113 Å². The number of hydrogen-bond donors (Lipinski definition) is 3. The monoisotopic (exact) mass is 1010 g/mol. The lowest BCUT2D eigenvalue weighted by Gasteiger charge is -2.43. The molecule has 3 saturated heterocycles. The molecule has 19 heteroatoms. The summed E-state index contributed by atoms with van der Waals surface area (Å²) >= 11 is 0. The molecule has 3 fully saturated rings. The molecule has 380 valence electrons. The van der Waals surface area contributed by atoms with Gasteiger partial charge in [0.25, 0.3) is 0 Å². The van der Waals surface area contributed by atoms with Crippen molar-refractivity contribution < 1.29 is 27.7 Å². The molecule has 0 bridgehead atoms. The molecule has 6 heterocycles. The van der Waals surface area contributed by atoms with Crippen molar-refractivity contribution in [2.45, 2.75) is 70.8 Å². The first-order chi connectivity index (χ1) is 35.3. The van der Waals surface area contributed by atoms with Crippen LogP contribution in [-0.4, -0.2) is 124 Å². The number of anilines is 5. The second-order valence-electron chi connectivity index (χ2n) is 19.6. The summed E-state index contributed by atoms with van der Waals surface area (Å²) in [6, 6.07) is 22.9. The van der Waals surface area contributed by atoms with Crippen molar-refractivity contribution >= 4 is 75.0 Å². The highest BCUT2D eigenvalue weighted by atomic mass is 31.2. The zero-order valence-corrected chi connectivity index (χ0v) is 42.8. The van der Waals surface area contributed by atoms with Gasteiger partial charge in [-0.05, 0) is 112 Å². The maximum Gasteiger partial charge on any atom is 0.234 e. The van der Waals surface area contributed by atoms with Crippen molar-refractivity contribution in [2.24, 2.45) is 0 Å². The van der Waals surface area contributed by atoms with Gasteiger partial charge in [0.15, 0.2) is 5.82 Å². The topological polar surface area (TPSA) is 176 Å². The second kappa shape index (κ2) is 20.9. The summed E-state index contributed by atoms with van der Waals surface area (Å²) in [6.45, 7) is 13.8. The lowest BCUT2D eigenvalue weighted by molar-refractivity contribution is -0.134. The first-order valence-corrected chi connectivity index (χ1v) is 27.8. The third-order valence-electron chi connectivity index (χ3n) is 14.6. The molecule has 1 atom stereocenters. The Hall–Kier alpha value is -6.88. The Morgan fingerprint density at radius 3 is 2.30 bits per heavy atom. The highest BCUT2D eigenvalue weighted by Crippen LogP contribution is 2.43. The summed E-state index contributed by atoms with van der Waals surface area (Å²) in [5.41, 5.74) is 7.74. The number of piperidine rings is 2. The number of aryl methyl sites for hydroxylation is 2. The number of nitrogens with zero attached hydrogens (tertiary/aromatic N) is 9. The molecule has 4 aromatic carbocycles. The van der Waals surface area contributed by atoms with Crippen LogP contribution in [0.2, 0.25) is 0 Å². The van der Waals surface area contributed by atoms with E-state index in [-0.39, 0.29) is 18.4 Å². The summed E-state index contributed by atoms with van der Waals surface area (Å²) in [5, 5.41) is 19.6. The summed E-state index contributed by atoms with van der Waals surface area (Å²) in [7, 11) is -1.20. The minimum absolute atomic E-state index is 0.0591. The van der Waals surface area contributed by atoms with Gasteiger partial charge in [-0.25, -0.2) is 18.4 Å². The van der Waals surface area contributed by atoms with Crippen LogP contribution in [-0.2, 0) is 33.4 Å². The number of carbonyl (C=O) groups excluding carboxylic acids is 2. The average Bonchev–Trinajstić information content (AvgIpc) is 3.82. The number of aromatic nitrogens is 6. The normalized spacial score (nSPS) is 17.4. The molecule has 0 saturated carbocycles. The van der Waals surface area contributed by atoms with Gasteiger partial charge in [0.1, 0.15) is 35.7 Å². The van der Waals surface area contributed by atoms with Gasteiger partial charge in [-0.2, -0.15) is 4.98 Å². The Kier molecular flexibility index (Phi) is 14.2. The van der Waals surface area contributed by atoms with Crippen LogP contribution >= 0.6 is 7.14 Å². The van der Waals surface area contributed by atoms with Gasteiger partial charge in [-0.15, -0.1) is 5.10 Å². The first-order valence-electron chi connectivity index (χ1n) is 25.2. The number of nitrogens with one attached hydrogen (secondary N) is 3. The molecule has 7 aromatic rings. The molecule has 0 spiro atoms. The van der Waals surface area contributed by atoms with Crippen molar-refractivity contribution in [1.29, 1.82) is 0 Å². The fraction of sp³-hybridized carbons (Fsp3) is 0.389. The van der Waals surface area contributed by atoms with Gasteiger partial charge in [0, 0.05) is 92.0 Å². The van der Waals surface area contributed by atoms with Gasteiger partial charge in [-0.1, -0.05) is 37.3 Å². The summed E-state index contributed by atoms with van der Waals surface area (Å²) in [5.74, 6) is -2.15. The van der Waals surface area contributed by atoms with Crippen LogP contribution < -0.4 is 30.9 Å². The molecular formula is C54H61F2N12O4P. The number of ether oxygens (including phenoxy) is 1. The molecule has 0 aliphatic carbocycles. The molecule has 16 nitrogen and oxygen atoms in total. The molecule has 3 aliphatic rings. The van der Waals surface area contributed by atoms with E-state index in [1.165, 1.54) is 12.1 Å². The lowest BCUT2D eigenvalue weighted by atomic mass is 9.89. The van der Waals surface area contributed by atoms with E-state index in [0.717, 1.165) is 104 Å². The van der Waals surface area contributed by atoms with Crippen LogP contribution in [0.25, 0.3) is 27.6 Å². The number of halogens is 2. The van der Waals surface area contributed by atoms with E-state index in [4.69, 9.17) is 19.7 Å². The number of para-hydroxylation sites is 1. The Morgan fingerprint density at radius 2 is 1.59 bits per heavy atom. The first kappa shape index (κ1) is 49.7. The van der Waals surface area contributed by atoms with E-state index in [1.807, 2.05) is 48.5 Å². The highest BCUT2D eigenvalue weighted by molar-refractivity contribution is 7.71. The Balaban J connectivity index is 0.817. The van der Waals surface area contributed by atoms with Gasteiger partial charge in [-0.3, -0.25) is 24.8 Å². The number of rotatable bonds is 15. The minimum Gasteiger partial charge on any atom is -0.494 e. The van der Waals surface area contributed by atoms with E-state index in [2.05, 4.69) is 66.9 Å². The number of piperazine rings is 1. The Morgan fingerprint density at radius 1 is 0.822 bits per heavy atom. The van der Waals surface area contributed by atoms with E-state index in [0.29, 0.717) is 64.3 Å². The number of amides is 2. The number of fused-ring (bicyclic) bond motifs is 2. The quantitative estimate of drug-likeness (QED) is 0.0661. The molecule has 3 aromatic heterocycles. The van der Waals surface area contributed by atoms with Crippen molar-refractivity contribution in [3.63, 3.8) is 0 Å². The largest absolute Gasteiger partial charge is 0.494 e. The van der Waals surface area contributed by atoms with Gasteiger partial charge in [0.2, 0.25) is 17.8 Å². The molecule has 0 unspecified atom stereocenters. The average molecular weight is 1010 g/mol. The zero-order chi connectivity index (χ0) is 51.0. The number of benzene rings is 4. The maximum atomic E-state index is 15.2. The van der Waals surface area contributed by atoms with Crippen LogP contribution in [0.3, 0.4) is 0 Å². The number of pyridine rings is 1. The summed E-state index contributed by atoms with van der Waals surface area (Å²) in [4.78, 5) is 46.0. The fourth-order valence-electron chi connectivity index (χ4n) is 10.7. The molecule has 3 aliphatic heterocycles. The van der Waals surface area contributed by atoms with E-state index in [9.17, 15) is 14.2 Å². The Bertz CT molecular complexity index is 3250. The molecule has 3 N–H and O–H groups in total. The summed E-state index contributed by atoms with van der Waals surface area (Å²) < 4.78 is 52.2. The minimum atomic E-state index is -2.87. The standard InChI is InChI=1S/C54H61F2N12O4P/c1-6-34-30-44(60-54-57-32-47(68-45-11-9-8-10-42(45)63-64-68)52(62-54)59-43-16-15-41-37(51(43)73(4,5)71)13-12-35(7-2)58-41)48(72-3)31-46(34)67-22-19-36(20-23-67)66-26-24-65(25-27-66)21-18-33-28-39(55)50(40(56)29-33)38-14-17-49(69)61-53(38)70/h8-13,15-16,28-32,36,38H,6-7,14,17-27H2,1-5H3,(H,61,69,70)(H2,57,59,60,62)/t38-/m1/s1. The van der Waals surface area contributed by atoms with E-state index >= 15 is 8.78 Å². The molecule has 0 radical (unpaired) electrons. The zero-order valence-electron chi connectivity index (χ0n) is 41.9. The SMILES string of the molecule is CCc1ccc2c(P(C)(C)=O)c(Nc3nc(Nc4cc(CC)c(N5CCC(N6CCN(CCc7cc(F)c([C@H]8CCC(=O)NC8=O)c(F)c7)CC6)CC5)cc4OC)ncc3-n3nnc4ccccc43)ccc2n1. The van der Waals surface area contributed by atoms with Crippen LogP contribution in [0.1, 0.15) is 67.8 Å². The number of carbonyl (C=O) groups is 2. The summed E-state index contributed by atoms with van der Waals surface area (Å²) in [6.07, 6.45) is 5.96. The van der Waals surface area contributed by atoms with E-state index < -0.39 is 36.5 Å². The smallest absolute Gasteiger partial charge is 0.234 e. The third-order valence-corrected chi connectivity index (χ3v) is 16.2. The van der Waals surface area contributed by atoms with Crippen LogP contribution in [0.15, 0.2) is 79.0 Å².